The number of aromatic nitrogens is 4. The Hall–Kier alpha value is -3.42. The van der Waals surface area contributed by atoms with Gasteiger partial charge < -0.3 is 5.32 Å². The fourth-order valence-corrected chi connectivity index (χ4v) is 4.40. The summed E-state index contributed by atoms with van der Waals surface area (Å²) in [6, 6.07) is 26.6. The Labute approximate surface area is 188 Å². The second-order valence-corrected chi connectivity index (χ2v) is 8.59. The van der Waals surface area contributed by atoms with Crippen LogP contribution < -0.4 is 5.32 Å². The zero-order chi connectivity index (χ0) is 21.0. The first kappa shape index (κ1) is 19.5. The van der Waals surface area contributed by atoms with E-state index >= 15 is 0 Å². The summed E-state index contributed by atoms with van der Waals surface area (Å²) >= 11 is 3.32. The van der Waals surface area contributed by atoms with Crippen molar-refractivity contribution in [1.29, 1.82) is 0 Å². The molecule has 0 radical (unpaired) electrons. The molecule has 1 N–H and O–H groups in total. The Morgan fingerprint density at radius 2 is 1.68 bits per heavy atom. The highest BCUT2D eigenvalue weighted by Crippen LogP contribution is 2.29. The zero-order valence-electron chi connectivity index (χ0n) is 16.8. The Morgan fingerprint density at radius 3 is 2.48 bits per heavy atom. The Bertz CT molecular complexity index is 1290. The van der Waals surface area contributed by atoms with E-state index in [9.17, 15) is 0 Å². The van der Waals surface area contributed by atoms with Gasteiger partial charge in [-0.05, 0) is 36.6 Å². The van der Waals surface area contributed by atoms with Crippen LogP contribution in [0.5, 0.6) is 0 Å². The lowest BCUT2D eigenvalue weighted by Gasteiger charge is -2.04. The third-order valence-electron chi connectivity index (χ3n) is 4.82. The Morgan fingerprint density at radius 1 is 0.871 bits per heavy atom. The maximum Gasteiger partial charge on any atom is 0.187 e. The van der Waals surface area contributed by atoms with Gasteiger partial charge in [-0.2, -0.15) is 0 Å². The molecule has 31 heavy (non-hydrogen) atoms. The second-order valence-electron chi connectivity index (χ2n) is 6.86. The van der Waals surface area contributed by atoms with Gasteiger partial charge in [0, 0.05) is 27.1 Å². The van der Waals surface area contributed by atoms with Crippen molar-refractivity contribution in [2.45, 2.75) is 4.90 Å². The van der Waals surface area contributed by atoms with Gasteiger partial charge in [0.05, 0.1) is 17.6 Å². The second kappa shape index (κ2) is 8.75. The number of hydrogen-bond donors (Lipinski definition) is 1. The van der Waals surface area contributed by atoms with Gasteiger partial charge in [-0.3, -0.25) is 0 Å². The minimum Gasteiger partial charge on any atom is -0.332 e. The van der Waals surface area contributed by atoms with E-state index in [0.29, 0.717) is 0 Å². The maximum atomic E-state index is 4.74. The standard InChI is InChI=1S/C24H19N5S2/c1-30-21-9-5-8-19(14-21)25-24-26-23(16-31-24)18-10-12-20(13-11-18)29-15-22(27-28-29)17-6-3-2-4-7-17/h2-16H,1H3,(H,25,26). The van der Waals surface area contributed by atoms with E-state index in [1.807, 2.05) is 48.7 Å². The largest absolute Gasteiger partial charge is 0.332 e. The SMILES string of the molecule is CSc1cccc(Nc2nc(-c3ccc(-n4cc(-c5ccccc5)nn4)cc3)cs2)c1. The van der Waals surface area contributed by atoms with Gasteiger partial charge in [-0.1, -0.05) is 53.7 Å². The molecule has 2 aromatic heterocycles. The molecule has 0 saturated carbocycles. The number of hydrogen-bond acceptors (Lipinski definition) is 6. The Balaban J connectivity index is 1.32. The first-order valence-corrected chi connectivity index (χ1v) is 11.8. The molecule has 0 unspecified atom stereocenters. The van der Waals surface area contributed by atoms with E-state index in [1.54, 1.807) is 27.8 Å². The van der Waals surface area contributed by atoms with Crippen LogP contribution in [0, 0.1) is 0 Å². The summed E-state index contributed by atoms with van der Waals surface area (Å²) in [5.41, 5.74) is 5.92. The molecule has 0 fully saturated rings. The average molecular weight is 442 g/mol. The summed E-state index contributed by atoms with van der Waals surface area (Å²) in [4.78, 5) is 5.97. The number of benzene rings is 3. The quantitative estimate of drug-likeness (QED) is 0.304. The molecular formula is C24H19N5S2. The molecule has 5 nitrogen and oxygen atoms in total. The molecule has 0 bridgehead atoms. The van der Waals surface area contributed by atoms with Crippen molar-refractivity contribution in [3.05, 3.63) is 90.4 Å². The number of nitrogens with one attached hydrogen (secondary N) is 1. The number of nitrogens with zero attached hydrogens (tertiary/aromatic N) is 4. The molecule has 5 rings (SSSR count). The smallest absolute Gasteiger partial charge is 0.187 e. The van der Waals surface area contributed by atoms with Crippen molar-refractivity contribution in [3.63, 3.8) is 0 Å². The van der Waals surface area contributed by atoms with E-state index in [1.165, 1.54) is 4.90 Å². The van der Waals surface area contributed by atoms with E-state index < -0.39 is 0 Å². The van der Waals surface area contributed by atoms with Crippen LogP contribution in [-0.2, 0) is 0 Å². The predicted molar refractivity (Wildman–Crippen MR) is 129 cm³/mol. The highest BCUT2D eigenvalue weighted by atomic mass is 32.2. The van der Waals surface area contributed by atoms with Gasteiger partial charge in [0.1, 0.15) is 5.69 Å². The molecule has 0 aliphatic heterocycles. The summed E-state index contributed by atoms with van der Waals surface area (Å²) in [7, 11) is 0. The van der Waals surface area contributed by atoms with Crippen molar-refractivity contribution in [3.8, 4) is 28.2 Å². The van der Waals surface area contributed by atoms with Crippen LogP contribution in [-0.4, -0.2) is 26.2 Å². The summed E-state index contributed by atoms with van der Waals surface area (Å²) in [6.07, 6.45) is 4.02. The molecule has 5 aromatic rings. The van der Waals surface area contributed by atoms with Gasteiger partial charge in [-0.25, -0.2) is 9.67 Å². The number of thioether (sulfide) groups is 1. The molecule has 0 atom stereocenters. The van der Waals surface area contributed by atoms with Crippen LogP contribution in [0.25, 0.3) is 28.2 Å². The van der Waals surface area contributed by atoms with Crippen molar-refractivity contribution >= 4 is 33.9 Å². The normalized spacial score (nSPS) is 10.9. The summed E-state index contributed by atoms with van der Waals surface area (Å²) in [5.74, 6) is 0. The summed E-state index contributed by atoms with van der Waals surface area (Å²) in [6.45, 7) is 0. The van der Waals surface area contributed by atoms with Crippen LogP contribution in [0.4, 0.5) is 10.8 Å². The Kier molecular flexibility index (Phi) is 5.52. The minimum atomic E-state index is 0.852. The lowest BCUT2D eigenvalue weighted by atomic mass is 10.1. The van der Waals surface area contributed by atoms with Gasteiger partial charge >= 0.3 is 0 Å². The molecule has 0 aliphatic rings. The minimum absolute atomic E-state index is 0.852. The zero-order valence-corrected chi connectivity index (χ0v) is 18.4. The van der Waals surface area contributed by atoms with Crippen LogP contribution in [0.15, 0.2) is 95.3 Å². The van der Waals surface area contributed by atoms with Crippen LogP contribution in [0.2, 0.25) is 0 Å². The van der Waals surface area contributed by atoms with Crippen molar-refractivity contribution in [2.24, 2.45) is 0 Å². The van der Waals surface area contributed by atoms with Crippen LogP contribution in [0.1, 0.15) is 0 Å². The van der Waals surface area contributed by atoms with Crippen molar-refractivity contribution in [1.82, 2.24) is 20.0 Å². The molecule has 3 aromatic carbocycles. The molecule has 0 amide bonds. The summed E-state index contributed by atoms with van der Waals surface area (Å²) in [5, 5.41) is 14.9. The molecule has 0 saturated heterocycles. The first-order chi connectivity index (χ1) is 15.3. The van der Waals surface area contributed by atoms with Crippen LogP contribution in [0.3, 0.4) is 0 Å². The molecule has 2 heterocycles. The van der Waals surface area contributed by atoms with Crippen LogP contribution >= 0.6 is 23.1 Å². The highest BCUT2D eigenvalue weighted by Gasteiger charge is 2.08. The van der Waals surface area contributed by atoms with Gasteiger partial charge in [0.25, 0.3) is 0 Å². The van der Waals surface area contributed by atoms with Gasteiger partial charge in [0.2, 0.25) is 0 Å². The fourth-order valence-electron chi connectivity index (χ4n) is 3.20. The fraction of sp³-hybridized carbons (Fsp3) is 0.0417. The lowest BCUT2D eigenvalue weighted by molar-refractivity contribution is 0.804. The summed E-state index contributed by atoms with van der Waals surface area (Å²) < 4.78 is 1.79. The van der Waals surface area contributed by atoms with Gasteiger partial charge in [0.15, 0.2) is 5.13 Å². The van der Waals surface area contributed by atoms with Gasteiger partial charge in [-0.15, -0.1) is 28.2 Å². The third kappa shape index (κ3) is 4.38. The molecular weight excluding hydrogens is 422 g/mol. The molecule has 0 spiro atoms. The van der Waals surface area contributed by atoms with E-state index in [0.717, 1.165) is 39.0 Å². The number of rotatable bonds is 6. The first-order valence-electron chi connectivity index (χ1n) is 9.74. The van der Waals surface area contributed by atoms with Crippen molar-refractivity contribution < 1.29 is 0 Å². The predicted octanol–water partition coefficient (Wildman–Crippen LogP) is 6.52. The third-order valence-corrected chi connectivity index (χ3v) is 6.30. The average Bonchev–Trinajstić information content (AvgIpc) is 3.50. The molecule has 152 valence electrons. The monoisotopic (exact) mass is 441 g/mol. The number of anilines is 2. The highest BCUT2D eigenvalue weighted by molar-refractivity contribution is 7.98. The van der Waals surface area contributed by atoms with E-state index in [4.69, 9.17) is 4.98 Å². The van der Waals surface area contributed by atoms with E-state index in [-0.39, 0.29) is 0 Å². The molecule has 0 aliphatic carbocycles. The number of thiazole rings is 1. The van der Waals surface area contributed by atoms with Crippen molar-refractivity contribution in [2.75, 3.05) is 11.6 Å². The molecule has 7 heteroatoms. The van der Waals surface area contributed by atoms with E-state index in [2.05, 4.69) is 63.7 Å². The maximum absolute atomic E-state index is 4.74. The topological polar surface area (TPSA) is 55.6 Å². The lowest BCUT2D eigenvalue weighted by Crippen LogP contribution is -1.94.